The second-order valence-electron chi connectivity index (χ2n) is 5.39. The monoisotopic (exact) mass is 274 g/mol. The minimum absolute atomic E-state index is 0.103. The molecule has 0 amide bonds. The van der Waals surface area contributed by atoms with E-state index in [2.05, 4.69) is 14.9 Å². The molecule has 1 saturated carbocycles. The number of hydrogen-bond acceptors (Lipinski definition) is 4. The summed E-state index contributed by atoms with van der Waals surface area (Å²) < 4.78 is 0. The average molecular weight is 274 g/mol. The van der Waals surface area contributed by atoms with Crippen molar-refractivity contribution in [2.45, 2.75) is 38.1 Å². The topological polar surface area (TPSA) is 75.1 Å². The van der Waals surface area contributed by atoms with Crippen molar-refractivity contribution >= 4 is 22.4 Å². The predicted molar refractivity (Wildman–Crippen MR) is 78.0 cm³/mol. The van der Waals surface area contributed by atoms with Crippen LogP contribution in [0.2, 0.25) is 0 Å². The van der Waals surface area contributed by atoms with E-state index in [1.807, 2.05) is 13.1 Å². The fourth-order valence-electron chi connectivity index (χ4n) is 3.13. The van der Waals surface area contributed by atoms with E-state index in [1.165, 1.54) is 25.5 Å². The van der Waals surface area contributed by atoms with Crippen LogP contribution in [-0.2, 0) is 0 Å². The van der Waals surface area contributed by atoms with Crippen LogP contribution >= 0.6 is 0 Å². The molecule has 0 unspecified atom stereocenters. The predicted octanol–water partition coefficient (Wildman–Crippen LogP) is 3.24. The van der Waals surface area contributed by atoms with E-state index in [1.54, 1.807) is 6.20 Å². The van der Waals surface area contributed by atoms with Gasteiger partial charge >= 0.3 is 0 Å². The molecule has 0 saturated heterocycles. The third kappa shape index (κ3) is 2.11. The molecule has 0 aromatic carbocycles. The number of aromatic amines is 1. The van der Waals surface area contributed by atoms with Gasteiger partial charge in [-0.25, -0.2) is 4.98 Å². The maximum absolute atomic E-state index is 11.2. The number of aromatic nitrogens is 2. The molecular formula is C14H18N4O2. The van der Waals surface area contributed by atoms with Gasteiger partial charge in [0.1, 0.15) is 11.0 Å². The number of anilines is 1. The molecule has 20 heavy (non-hydrogen) atoms. The van der Waals surface area contributed by atoms with Gasteiger partial charge in [0.15, 0.2) is 0 Å². The Labute approximate surface area is 117 Å². The Kier molecular flexibility index (Phi) is 3.30. The summed E-state index contributed by atoms with van der Waals surface area (Å²) in [5, 5.41) is 11.8. The number of hydrogen-bond donors (Lipinski definition) is 1. The van der Waals surface area contributed by atoms with Crippen LogP contribution in [0, 0.1) is 10.1 Å². The van der Waals surface area contributed by atoms with Gasteiger partial charge < -0.3 is 9.88 Å². The van der Waals surface area contributed by atoms with E-state index in [-0.39, 0.29) is 10.6 Å². The normalized spacial score (nSPS) is 16.4. The van der Waals surface area contributed by atoms with Crippen LogP contribution in [-0.4, -0.2) is 28.0 Å². The third-order valence-electron chi connectivity index (χ3n) is 4.23. The fraction of sp³-hybridized carbons (Fsp3) is 0.500. The zero-order valence-corrected chi connectivity index (χ0v) is 11.5. The molecule has 0 bridgehead atoms. The molecule has 0 radical (unpaired) electrons. The molecule has 0 atom stereocenters. The van der Waals surface area contributed by atoms with E-state index in [4.69, 9.17) is 0 Å². The maximum Gasteiger partial charge on any atom is 0.298 e. The number of rotatable bonds is 3. The van der Waals surface area contributed by atoms with Crippen molar-refractivity contribution in [2.75, 3.05) is 11.9 Å². The van der Waals surface area contributed by atoms with E-state index in [0.717, 1.165) is 18.5 Å². The first-order chi connectivity index (χ1) is 9.68. The lowest BCUT2D eigenvalue weighted by Crippen LogP contribution is -2.33. The molecule has 106 valence electrons. The number of nitrogens with one attached hydrogen (secondary N) is 1. The SMILES string of the molecule is CN(c1ccnc2[nH]cc([N+](=O)[O-])c12)C1CCCCC1. The first-order valence-electron chi connectivity index (χ1n) is 7.02. The Hall–Kier alpha value is -2.11. The molecule has 2 aromatic rings. The zero-order chi connectivity index (χ0) is 14.1. The highest BCUT2D eigenvalue weighted by Crippen LogP contribution is 2.35. The molecule has 1 N–H and O–H groups in total. The van der Waals surface area contributed by atoms with Gasteiger partial charge in [-0.2, -0.15) is 0 Å². The van der Waals surface area contributed by atoms with Crippen molar-refractivity contribution in [1.29, 1.82) is 0 Å². The Morgan fingerprint density at radius 2 is 2.15 bits per heavy atom. The fourth-order valence-corrected chi connectivity index (χ4v) is 3.13. The molecule has 1 fully saturated rings. The molecule has 1 aliphatic carbocycles. The second kappa shape index (κ2) is 5.11. The first kappa shape index (κ1) is 12.9. The summed E-state index contributed by atoms with van der Waals surface area (Å²) in [5.74, 6) is 0. The van der Waals surface area contributed by atoms with Gasteiger partial charge in [0, 0.05) is 19.3 Å². The van der Waals surface area contributed by atoms with Gasteiger partial charge in [-0.05, 0) is 18.9 Å². The summed E-state index contributed by atoms with van der Waals surface area (Å²) >= 11 is 0. The zero-order valence-electron chi connectivity index (χ0n) is 11.5. The van der Waals surface area contributed by atoms with Gasteiger partial charge in [-0.3, -0.25) is 10.1 Å². The van der Waals surface area contributed by atoms with Crippen LogP contribution < -0.4 is 4.90 Å². The molecule has 3 rings (SSSR count). The molecule has 6 nitrogen and oxygen atoms in total. The van der Waals surface area contributed by atoms with E-state index < -0.39 is 0 Å². The van der Waals surface area contributed by atoms with Gasteiger partial charge in [0.2, 0.25) is 0 Å². The van der Waals surface area contributed by atoms with E-state index >= 15 is 0 Å². The lowest BCUT2D eigenvalue weighted by molar-refractivity contribution is -0.383. The number of H-pyrrole nitrogens is 1. The quantitative estimate of drug-likeness (QED) is 0.688. The smallest absolute Gasteiger partial charge is 0.298 e. The van der Waals surface area contributed by atoms with E-state index in [9.17, 15) is 10.1 Å². The summed E-state index contributed by atoms with van der Waals surface area (Å²) in [7, 11) is 2.03. The van der Waals surface area contributed by atoms with Gasteiger partial charge in [0.05, 0.1) is 16.8 Å². The summed E-state index contributed by atoms with van der Waals surface area (Å²) in [6.45, 7) is 0. The highest BCUT2D eigenvalue weighted by molar-refractivity contribution is 5.97. The standard InChI is InChI=1S/C14H18N4O2/c1-17(10-5-3-2-4-6-10)11-7-8-15-14-13(11)12(9-16-14)18(19)20/h7-10H,2-6H2,1H3,(H,15,16). The highest BCUT2D eigenvalue weighted by atomic mass is 16.6. The van der Waals surface area contributed by atoms with Crippen LogP contribution in [0.15, 0.2) is 18.5 Å². The average Bonchev–Trinajstić information content (AvgIpc) is 2.91. The summed E-state index contributed by atoms with van der Waals surface area (Å²) in [5.41, 5.74) is 1.58. The summed E-state index contributed by atoms with van der Waals surface area (Å²) in [6, 6.07) is 2.33. The molecule has 0 spiro atoms. The number of fused-ring (bicyclic) bond motifs is 1. The Morgan fingerprint density at radius 3 is 2.85 bits per heavy atom. The van der Waals surface area contributed by atoms with Gasteiger partial charge in [-0.15, -0.1) is 0 Å². The molecule has 6 heteroatoms. The number of nitrogens with zero attached hydrogens (tertiary/aromatic N) is 3. The van der Waals surface area contributed by atoms with Crippen molar-refractivity contribution in [1.82, 2.24) is 9.97 Å². The minimum Gasteiger partial charge on any atom is -0.371 e. The highest BCUT2D eigenvalue weighted by Gasteiger charge is 2.24. The largest absolute Gasteiger partial charge is 0.371 e. The second-order valence-corrected chi connectivity index (χ2v) is 5.39. The van der Waals surface area contributed by atoms with Crippen LogP contribution in [0.3, 0.4) is 0 Å². The first-order valence-corrected chi connectivity index (χ1v) is 7.02. The van der Waals surface area contributed by atoms with Crippen molar-refractivity contribution in [3.8, 4) is 0 Å². The minimum atomic E-state index is -0.348. The summed E-state index contributed by atoms with van der Waals surface area (Å²) in [6.07, 6.45) is 9.20. The molecule has 2 aromatic heterocycles. The number of nitro groups is 1. The Balaban J connectivity index is 2.05. The van der Waals surface area contributed by atoms with Crippen molar-refractivity contribution in [3.63, 3.8) is 0 Å². The number of pyridine rings is 1. The molecular weight excluding hydrogens is 256 g/mol. The van der Waals surface area contributed by atoms with Crippen LogP contribution in [0.5, 0.6) is 0 Å². The van der Waals surface area contributed by atoms with Crippen LogP contribution in [0.1, 0.15) is 32.1 Å². The summed E-state index contributed by atoms with van der Waals surface area (Å²) in [4.78, 5) is 20.1. The van der Waals surface area contributed by atoms with Crippen LogP contribution in [0.25, 0.3) is 11.0 Å². The van der Waals surface area contributed by atoms with Crippen molar-refractivity contribution in [2.24, 2.45) is 0 Å². The van der Waals surface area contributed by atoms with Crippen molar-refractivity contribution in [3.05, 3.63) is 28.6 Å². The van der Waals surface area contributed by atoms with E-state index in [0.29, 0.717) is 17.1 Å². The van der Waals surface area contributed by atoms with Crippen molar-refractivity contribution < 1.29 is 4.92 Å². The lowest BCUT2D eigenvalue weighted by atomic mass is 9.94. The Bertz CT molecular complexity index is 631. The van der Waals surface area contributed by atoms with Crippen LogP contribution in [0.4, 0.5) is 11.4 Å². The lowest BCUT2D eigenvalue weighted by Gasteiger charge is -2.33. The maximum atomic E-state index is 11.2. The molecule has 2 heterocycles. The molecule has 0 aliphatic heterocycles. The Morgan fingerprint density at radius 1 is 1.40 bits per heavy atom. The molecule has 1 aliphatic rings. The van der Waals surface area contributed by atoms with Gasteiger partial charge in [0.25, 0.3) is 5.69 Å². The third-order valence-corrected chi connectivity index (χ3v) is 4.23. The van der Waals surface area contributed by atoms with Gasteiger partial charge in [-0.1, -0.05) is 19.3 Å².